The minimum Gasteiger partial charge on any atom is -0.497 e. The molecule has 0 aromatic heterocycles. The molecule has 0 radical (unpaired) electrons. The van der Waals surface area contributed by atoms with Gasteiger partial charge in [0.05, 0.1) is 13.7 Å². The van der Waals surface area contributed by atoms with E-state index in [0.717, 1.165) is 41.7 Å². The number of amides is 1. The van der Waals surface area contributed by atoms with Gasteiger partial charge in [-0.2, -0.15) is 0 Å². The quantitative estimate of drug-likeness (QED) is 0.895. The zero-order chi connectivity index (χ0) is 14.4. The van der Waals surface area contributed by atoms with Gasteiger partial charge in [-0.1, -0.05) is 15.9 Å². The molecule has 1 amide bonds. The molecular formula is C15H21BrN2O2. The van der Waals surface area contributed by atoms with Crippen LogP contribution in [0.5, 0.6) is 5.75 Å². The number of carbonyl (C=O) groups excluding carboxylic acids is 1. The average molecular weight is 341 g/mol. The third-order valence-electron chi connectivity index (χ3n) is 3.55. The van der Waals surface area contributed by atoms with E-state index in [4.69, 9.17) is 4.74 Å². The van der Waals surface area contributed by atoms with Crippen molar-refractivity contribution >= 4 is 21.8 Å². The molecule has 0 bridgehead atoms. The number of methoxy groups -OCH3 is 1. The van der Waals surface area contributed by atoms with Crippen molar-refractivity contribution in [2.45, 2.75) is 25.8 Å². The van der Waals surface area contributed by atoms with Crippen molar-refractivity contribution in [1.82, 2.24) is 10.2 Å². The van der Waals surface area contributed by atoms with E-state index in [0.29, 0.717) is 13.1 Å². The SMILES string of the molecule is COc1ccc(Br)c(CNCC(=O)N2CCCCC2)c1. The Morgan fingerprint density at radius 3 is 2.80 bits per heavy atom. The summed E-state index contributed by atoms with van der Waals surface area (Å²) in [5.74, 6) is 1.02. The van der Waals surface area contributed by atoms with Gasteiger partial charge in [0.25, 0.3) is 0 Å². The topological polar surface area (TPSA) is 41.6 Å². The van der Waals surface area contributed by atoms with Crippen molar-refractivity contribution in [3.8, 4) is 5.75 Å². The lowest BCUT2D eigenvalue weighted by atomic mass is 10.1. The van der Waals surface area contributed by atoms with Crippen molar-refractivity contribution in [3.05, 3.63) is 28.2 Å². The predicted octanol–water partition coefficient (Wildman–Crippen LogP) is 2.56. The van der Waals surface area contributed by atoms with Crippen molar-refractivity contribution in [3.63, 3.8) is 0 Å². The minimum atomic E-state index is 0.198. The molecule has 1 saturated heterocycles. The Morgan fingerprint density at radius 1 is 1.35 bits per heavy atom. The molecule has 2 rings (SSSR count). The van der Waals surface area contributed by atoms with Crippen molar-refractivity contribution in [2.75, 3.05) is 26.7 Å². The molecule has 0 spiro atoms. The lowest BCUT2D eigenvalue weighted by Crippen LogP contribution is -2.40. The number of halogens is 1. The minimum absolute atomic E-state index is 0.198. The van der Waals surface area contributed by atoms with Crippen LogP contribution in [0.4, 0.5) is 0 Å². The number of ether oxygens (including phenoxy) is 1. The Bertz CT molecular complexity index is 459. The number of benzene rings is 1. The van der Waals surface area contributed by atoms with Gasteiger partial charge < -0.3 is 15.0 Å². The molecule has 1 N–H and O–H groups in total. The first-order valence-electron chi connectivity index (χ1n) is 7.01. The maximum Gasteiger partial charge on any atom is 0.236 e. The highest BCUT2D eigenvalue weighted by Crippen LogP contribution is 2.22. The van der Waals surface area contributed by atoms with Crippen LogP contribution in [0.1, 0.15) is 24.8 Å². The lowest BCUT2D eigenvalue weighted by Gasteiger charge is -2.26. The van der Waals surface area contributed by atoms with Gasteiger partial charge in [-0.3, -0.25) is 4.79 Å². The van der Waals surface area contributed by atoms with E-state index in [2.05, 4.69) is 21.2 Å². The predicted molar refractivity (Wildman–Crippen MR) is 82.8 cm³/mol. The van der Waals surface area contributed by atoms with Crippen LogP contribution in [-0.4, -0.2) is 37.6 Å². The molecular weight excluding hydrogens is 320 g/mol. The zero-order valence-corrected chi connectivity index (χ0v) is 13.4. The molecule has 1 aliphatic rings. The van der Waals surface area contributed by atoms with Crippen LogP contribution in [0.15, 0.2) is 22.7 Å². The second kappa shape index (κ2) is 7.64. The summed E-state index contributed by atoms with van der Waals surface area (Å²) in [5.41, 5.74) is 1.09. The van der Waals surface area contributed by atoms with Crippen molar-refractivity contribution in [2.24, 2.45) is 0 Å². The van der Waals surface area contributed by atoms with E-state index < -0.39 is 0 Å². The smallest absolute Gasteiger partial charge is 0.236 e. The number of rotatable bonds is 5. The molecule has 0 atom stereocenters. The number of nitrogens with zero attached hydrogens (tertiary/aromatic N) is 1. The Labute approximate surface area is 128 Å². The summed E-state index contributed by atoms with van der Waals surface area (Å²) in [4.78, 5) is 14.0. The third-order valence-corrected chi connectivity index (χ3v) is 4.33. The van der Waals surface area contributed by atoms with Crippen molar-refractivity contribution in [1.29, 1.82) is 0 Å². The molecule has 1 aromatic rings. The second-order valence-electron chi connectivity index (χ2n) is 5.00. The van der Waals surface area contributed by atoms with Crippen LogP contribution in [0, 0.1) is 0 Å². The summed E-state index contributed by atoms with van der Waals surface area (Å²) in [6.45, 7) is 2.85. The van der Waals surface area contributed by atoms with E-state index in [1.807, 2.05) is 23.1 Å². The standard InChI is InChI=1S/C15H21BrN2O2/c1-20-13-5-6-14(16)12(9-13)10-17-11-15(19)18-7-3-2-4-8-18/h5-6,9,17H,2-4,7-8,10-11H2,1H3. The molecule has 1 fully saturated rings. The summed E-state index contributed by atoms with van der Waals surface area (Å²) >= 11 is 3.51. The van der Waals surface area contributed by atoms with E-state index in [1.54, 1.807) is 7.11 Å². The maximum absolute atomic E-state index is 12.0. The summed E-state index contributed by atoms with van der Waals surface area (Å²) in [6.07, 6.45) is 3.51. The van der Waals surface area contributed by atoms with Gasteiger partial charge in [-0.15, -0.1) is 0 Å². The van der Waals surface area contributed by atoms with Gasteiger partial charge in [0.1, 0.15) is 5.75 Å². The Kier molecular flexibility index (Phi) is 5.86. The van der Waals surface area contributed by atoms with Crippen molar-refractivity contribution < 1.29 is 9.53 Å². The van der Waals surface area contributed by atoms with Gasteiger partial charge in [-0.05, 0) is 43.0 Å². The van der Waals surface area contributed by atoms with E-state index in [-0.39, 0.29) is 5.91 Å². The van der Waals surface area contributed by atoms with Gasteiger partial charge in [-0.25, -0.2) is 0 Å². The fraction of sp³-hybridized carbons (Fsp3) is 0.533. The maximum atomic E-state index is 12.0. The van der Waals surface area contributed by atoms with E-state index in [9.17, 15) is 4.79 Å². The molecule has 0 saturated carbocycles. The molecule has 4 nitrogen and oxygen atoms in total. The summed E-state index contributed by atoms with van der Waals surface area (Å²) < 4.78 is 6.23. The van der Waals surface area contributed by atoms with Crippen LogP contribution >= 0.6 is 15.9 Å². The number of nitrogens with one attached hydrogen (secondary N) is 1. The Balaban J connectivity index is 1.81. The molecule has 110 valence electrons. The normalized spacial score (nSPS) is 15.2. The van der Waals surface area contributed by atoms with Crippen LogP contribution < -0.4 is 10.1 Å². The number of hydrogen-bond acceptors (Lipinski definition) is 3. The van der Waals surface area contributed by atoms with Gasteiger partial charge >= 0.3 is 0 Å². The van der Waals surface area contributed by atoms with Crippen LogP contribution in [-0.2, 0) is 11.3 Å². The molecule has 0 aliphatic carbocycles. The van der Waals surface area contributed by atoms with Gasteiger partial charge in [0.15, 0.2) is 0 Å². The number of carbonyl (C=O) groups is 1. The summed E-state index contributed by atoms with van der Waals surface area (Å²) in [6, 6.07) is 5.84. The number of likely N-dealkylation sites (tertiary alicyclic amines) is 1. The molecule has 20 heavy (non-hydrogen) atoms. The molecule has 1 heterocycles. The largest absolute Gasteiger partial charge is 0.497 e. The van der Waals surface area contributed by atoms with Crippen LogP contribution in [0.2, 0.25) is 0 Å². The highest BCUT2D eigenvalue weighted by atomic mass is 79.9. The van der Waals surface area contributed by atoms with E-state index in [1.165, 1.54) is 6.42 Å². The lowest BCUT2D eigenvalue weighted by molar-refractivity contribution is -0.131. The average Bonchev–Trinajstić information content (AvgIpc) is 2.50. The highest BCUT2D eigenvalue weighted by molar-refractivity contribution is 9.10. The number of hydrogen-bond donors (Lipinski definition) is 1. The Morgan fingerprint density at radius 2 is 2.10 bits per heavy atom. The first kappa shape index (κ1) is 15.3. The van der Waals surface area contributed by atoms with E-state index >= 15 is 0 Å². The van der Waals surface area contributed by atoms with Crippen LogP contribution in [0.25, 0.3) is 0 Å². The summed E-state index contributed by atoms with van der Waals surface area (Å²) in [5, 5.41) is 3.21. The third kappa shape index (κ3) is 4.21. The van der Waals surface area contributed by atoms with Crippen LogP contribution in [0.3, 0.4) is 0 Å². The molecule has 5 heteroatoms. The number of piperidine rings is 1. The molecule has 1 aromatic carbocycles. The Hall–Kier alpha value is -1.07. The zero-order valence-electron chi connectivity index (χ0n) is 11.8. The van der Waals surface area contributed by atoms with Gasteiger partial charge in [0, 0.05) is 24.1 Å². The highest BCUT2D eigenvalue weighted by Gasteiger charge is 2.15. The summed E-state index contributed by atoms with van der Waals surface area (Å²) in [7, 11) is 1.65. The first-order valence-corrected chi connectivity index (χ1v) is 7.81. The fourth-order valence-corrected chi connectivity index (χ4v) is 2.76. The second-order valence-corrected chi connectivity index (χ2v) is 5.86. The fourth-order valence-electron chi connectivity index (χ4n) is 2.37. The molecule has 1 aliphatic heterocycles. The monoisotopic (exact) mass is 340 g/mol. The van der Waals surface area contributed by atoms with Gasteiger partial charge in [0.2, 0.25) is 5.91 Å². The molecule has 0 unspecified atom stereocenters. The first-order chi connectivity index (χ1) is 9.70.